The number of aliphatic imine (C=N–C) groups is 1. The van der Waals surface area contributed by atoms with Gasteiger partial charge in [-0.05, 0) is 104 Å². The second-order valence-electron chi connectivity index (χ2n) is 24.1. The van der Waals surface area contributed by atoms with Crippen molar-refractivity contribution in [1.82, 2.24) is 58.1 Å². The van der Waals surface area contributed by atoms with E-state index in [-0.39, 0.29) is 95.7 Å². The lowest BCUT2D eigenvalue weighted by Crippen LogP contribution is -2.62. The Morgan fingerprint density at radius 2 is 0.990 bits per heavy atom. The van der Waals surface area contributed by atoms with Crippen molar-refractivity contribution in [1.29, 1.82) is 0 Å². The Balaban J connectivity index is 1.47. The Hall–Kier alpha value is -10.0. The number of aromatic hydroxyl groups is 1. The highest BCUT2D eigenvalue weighted by Gasteiger charge is 2.42. The number of carbonyl (C=O) groups excluding carboxylic acids is 11. The van der Waals surface area contributed by atoms with E-state index < -0.39 is 150 Å². The summed E-state index contributed by atoms with van der Waals surface area (Å²) in [4.78, 5) is 166. The van der Waals surface area contributed by atoms with Crippen molar-refractivity contribution in [3.63, 3.8) is 0 Å². The molecule has 29 heteroatoms. The van der Waals surface area contributed by atoms with Crippen LogP contribution in [0.15, 0.2) is 114 Å². The van der Waals surface area contributed by atoms with Crippen LogP contribution in [0.3, 0.4) is 0 Å². The van der Waals surface area contributed by atoms with Crippen molar-refractivity contribution in [2.45, 2.75) is 158 Å². The summed E-state index contributed by atoms with van der Waals surface area (Å²) in [6.07, 6.45) is -0.801. The maximum Gasteiger partial charge on any atom is 0.246 e. The van der Waals surface area contributed by atoms with Crippen LogP contribution < -0.4 is 70.4 Å². The van der Waals surface area contributed by atoms with Gasteiger partial charge in [-0.2, -0.15) is 0 Å². The quantitative estimate of drug-likeness (QED) is 0.0257. The van der Waals surface area contributed by atoms with Crippen LogP contribution in [-0.2, 0) is 78.4 Å². The lowest BCUT2D eigenvalue weighted by molar-refractivity contribution is -0.142. The van der Waals surface area contributed by atoms with Gasteiger partial charge in [0.2, 0.25) is 65.0 Å². The molecular formula is C67H90FN15O13. The number of rotatable bonds is 21. The minimum Gasteiger partial charge on any atom is -0.508 e. The molecule has 28 nitrogen and oxygen atoms in total. The maximum absolute atomic E-state index is 15.2. The van der Waals surface area contributed by atoms with Crippen molar-refractivity contribution in [2.24, 2.45) is 28.1 Å². The first kappa shape index (κ1) is 75.0. The predicted molar refractivity (Wildman–Crippen MR) is 352 cm³/mol. The Morgan fingerprint density at radius 3 is 1.51 bits per heavy atom. The zero-order valence-corrected chi connectivity index (χ0v) is 54.2. The van der Waals surface area contributed by atoms with Gasteiger partial charge in [-0.15, -0.1) is 0 Å². The molecule has 2 heterocycles. The summed E-state index contributed by atoms with van der Waals surface area (Å²) < 4.78 is 14.4. The fourth-order valence-electron chi connectivity index (χ4n) is 11.0. The molecule has 6 rings (SSSR count). The first-order valence-corrected chi connectivity index (χ1v) is 32.2. The number of nitrogens with zero attached hydrogens (tertiary/aromatic N) is 2. The highest BCUT2D eigenvalue weighted by Crippen LogP contribution is 2.22. The number of aliphatic hydroxyl groups excluding tert-OH is 1. The van der Waals surface area contributed by atoms with E-state index in [4.69, 9.17) is 17.2 Å². The first-order valence-electron chi connectivity index (χ1n) is 32.2. The van der Waals surface area contributed by atoms with Gasteiger partial charge in [0.15, 0.2) is 5.96 Å². The molecule has 18 N–H and O–H groups in total. The second kappa shape index (κ2) is 37.8. The number of hydrogen-bond donors (Lipinski definition) is 15. The second-order valence-corrected chi connectivity index (χ2v) is 24.1. The number of guanidine groups is 1. The summed E-state index contributed by atoms with van der Waals surface area (Å²) >= 11 is 0. The van der Waals surface area contributed by atoms with Crippen LogP contribution >= 0.6 is 0 Å². The number of carbonyl (C=O) groups is 11. The average Bonchev–Trinajstić information content (AvgIpc) is 1.51. The van der Waals surface area contributed by atoms with E-state index >= 15 is 9.59 Å². The zero-order valence-electron chi connectivity index (χ0n) is 54.2. The molecular weight excluding hydrogens is 1240 g/mol. The van der Waals surface area contributed by atoms with E-state index in [9.17, 15) is 57.8 Å². The van der Waals surface area contributed by atoms with E-state index in [1.807, 2.05) is 0 Å². The number of halogens is 1. The molecule has 10 atom stereocenters. The van der Waals surface area contributed by atoms with Crippen LogP contribution in [0, 0.1) is 11.7 Å². The highest BCUT2D eigenvalue weighted by molar-refractivity contribution is 6.00. The van der Waals surface area contributed by atoms with E-state index in [1.54, 1.807) is 81.4 Å². The minimum atomic E-state index is -1.88. The summed E-state index contributed by atoms with van der Waals surface area (Å²) in [6, 6.07) is 12.5. The molecule has 11 amide bonds. The number of amides is 11. The number of phenols is 1. The molecule has 96 heavy (non-hydrogen) atoms. The standard InChI is InChI=1S/C67H90FN15O13/c1-4-30-72-55(86)37-51-61(91)81-53(38-84)63(93)77-50(35-43-23-27-45(85)28-24-43)62(92)82-56(39(2)3)65(95)75-46(18-11-29-69)57(87)76-48(34-42-21-25-44(68)26-22-42)60(90)80-52(36-41-16-9-6-10-17-41)66(96)83-32-13-20-54(83)64(94)79-49(33-40-14-7-5-8-15-40)59(89)74-47(58(88)78-51)19-12-31-73-67(70)71/h5-10,14-17,21-28,39,46-54,56,84-85H,4,11-13,18-20,29-38,69H2,1-3H3,(H,72,86)(H,74,89)(H,75,95)(H,76,87)(H,77,93)(H,78,88)(H,79,94)(H,80,90)(H,81,91)(H,82,92)(H4,70,71,73)/t46-,47+,48-,49-,50-,51-,52+,53-,54-,56-/m0/s1. The van der Waals surface area contributed by atoms with E-state index in [2.05, 4.69) is 58.2 Å². The van der Waals surface area contributed by atoms with E-state index in [0.717, 1.165) is 12.1 Å². The largest absolute Gasteiger partial charge is 0.508 e. The lowest BCUT2D eigenvalue weighted by Gasteiger charge is -2.31. The molecule has 0 saturated carbocycles. The van der Waals surface area contributed by atoms with Crippen LogP contribution in [0.5, 0.6) is 5.75 Å². The van der Waals surface area contributed by atoms with Crippen LogP contribution in [0.2, 0.25) is 0 Å². The molecule has 4 aromatic rings. The Kier molecular flexibility index (Phi) is 29.5. The monoisotopic (exact) mass is 1330 g/mol. The summed E-state index contributed by atoms with van der Waals surface area (Å²) in [5.74, 6) is -11.8. The Bertz CT molecular complexity index is 3330. The summed E-state index contributed by atoms with van der Waals surface area (Å²) in [6.45, 7) is 4.03. The Morgan fingerprint density at radius 1 is 0.562 bits per heavy atom. The average molecular weight is 1330 g/mol. The molecule has 0 aliphatic carbocycles. The number of fused-ring (bicyclic) bond motifs is 1. The Labute approximate surface area is 556 Å². The summed E-state index contributed by atoms with van der Waals surface area (Å²) in [5, 5.41) is 47.3. The van der Waals surface area contributed by atoms with Gasteiger partial charge >= 0.3 is 0 Å². The third kappa shape index (κ3) is 23.5. The SMILES string of the molecule is CCCNC(=O)C[C@@H]1NC(=O)[C@@H](CCCN=C(N)N)NC(=O)[C@H](Cc2ccccc2)NC(=O)[C@@H]2CCCN2C(=O)[C@@H](Cc2ccccc2)NC(=O)[C@H](Cc2ccc(F)cc2)NC(=O)[C@H](CCCN)NC(=O)[C@H](C(C)C)NC(=O)[C@H](Cc2ccc(O)cc2)NC(=O)[C@H](CO)NC1=O. The fraction of sp³-hybridized carbons (Fsp3) is 0.463. The third-order valence-electron chi connectivity index (χ3n) is 16.2. The molecule has 518 valence electrons. The van der Waals surface area contributed by atoms with Gasteiger partial charge in [-0.3, -0.25) is 57.7 Å². The van der Waals surface area contributed by atoms with Gasteiger partial charge in [-0.25, -0.2) is 4.39 Å². The van der Waals surface area contributed by atoms with Crippen molar-refractivity contribution < 1.29 is 67.3 Å². The number of hydrogen-bond acceptors (Lipinski definition) is 15. The van der Waals surface area contributed by atoms with Gasteiger partial charge in [0.1, 0.15) is 72.0 Å². The molecule has 0 radical (unpaired) electrons. The first-order chi connectivity index (χ1) is 46.0. The zero-order chi connectivity index (χ0) is 69.8. The van der Waals surface area contributed by atoms with Gasteiger partial charge < -0.3 is 85.5 Å². The minimum absolute atomic E-state index is 0.0236. The number of nitrogens with one attached hydrogen (secondary N) is 10. The maximum atomic E-state index is 15.2. The van der Waals surface area contributed by atoms with Crippen LogP contribution in [0.1, 0.15) is 94.4 Å². The van der Waals surface area contributed by atoms with Gasteiger partial charge in [0, 0.05) is 45.3 Å². The normalized spacial score (nSPS) is 23.3. The van der Waals surface area contributed by atoms with Gasteiger partial charge in [-0.1, -0.05) is 106 Å². The number of benzene rings is 4. The smallest absolute Gasteiger partial charge is 0.246 e. The number of aliphatic hydroxyl groups is 1. The molecule has 2 aliphatic rings. The van der Waals surface area contributed by atoms with E-state index in [1.165, 1.54) is 41.3 Å². The topological polar surface area (TPSA) is 442 Å². The molecule has 0 spiro atoms. The molecule has 0 bridgehead atoms. The van der Waals surface area contributed by atoms with Crippen molar-refractivity contribution >= 4 is 70.9 Å². The van der Waals surface area contributed by atoms with Crippen LogP contribution in [-0.4, -0.2) is 179 Å². The van der Waals surface area contributed by atoms with Crippen LogP contribution in [0.25, 0.3) is 0 Å². The van der Waals surface area contributed by atoms with E-state index in [0.29, 0.717) is 35.1 Å². The summed E-state index contributed by atoms with van der Waals surface area (Å²) in [5.41, 5.74) is 19.1. The van der Waals surface area contributed by atoms with Crippen LogP contribution in [0.4, 0.5) is 4.39 Å². The molecule has 4 aromatic carbocycles. The molecule has 2 aliphatic heterocycles. The van der Waals surface area contributed by atoms with Gasteiger partial charge in [0.25, 0.3) is 0 Å². The fourth-order valence-corrected chi connectivity index (χ4v) is 11.0. The summed E-state index contributed by atoms with van der Waals surface area (Å²) in [7, 11) is 0. The highest BCUT2D eigenvalue weighted by atomic mass is 19.1. The van der Waals surface area contributed by atoms with Crippen molar-refractivity contribution in [3.8, 4) is 5.75 Å². The molecule has 0 unspecified atom stereocenters. The molecule has 2 fully saturated rings. The predicted octanol–water partition coefficient (Wildman–Crippen LogP) is -1.47. The molecule has 0 aromatic heterocycles. The number of phenolic OH excluding ortho intramolecular Hbond substituents is 1. The number of nitrogens with two attached hydrogens (primary N) is 3. The third-order valence-corrected chi connectivity index (χ3v) is 16.2. The van der Waals surface area contributed by atoms with Crippen molar-refractivity contribution in [2.75, 3.05) is 32.8 Å². The van der Waals surface area contributed by atoms with Crippen molar-refractivity contribution in [3.05, 3.63) is 137 Å². The molecule has 2 saturated heterocycles. The lowest BCUT2D eigenvalue weighted by atomic mass is 9.99. The van der Waals surface area contributed by atoms with Gasteiger partial charge in [0.05, 0.1) is 13.0 Å².